The van der Waals surface area contributed by atoms with Crippen LogP contribution in [0.2, 0.25) is 0 Å². The van der Waals surface area contributed by atoms with Gasteiger partial charge in [-0.1, -0.05) is 0 Å². The molecule has 0 aliphatic carbocycles. The summed E-state index contributed by atoms with van der Waals surface area (Å²) in [5.41, 5.74) is 0. The Morgan fingerprint density at radius 3 is 1.77 bits per heavy atom. The van der Waals surface area contributed by atoms with Gasteiger partial charge in [0.15, 0.2) is 0 Å². The Morgan fingerprint density at radius 1 is 1.00 bits per heavy atom. The molecular weight excluding hydrogens is 209 g/mol. The number of hydrogen-bond acceptors (Lipinski definition) is 1. The summed E-state index contributed by atoms with van der Waals surface area (Å²) in [4.78, 5) is 0. The van der Waals surface area contributed by atoms with Crippen molar-refractivity contribution in [3.05, 3.63) is 0 Å². The summed E-state index contributed by atoms with van der Waals surface area (Å²) in [5.74, 6) is 0. The molecule has 0 rings (SSSR count). The first-order chi connectivity index (χ1) is 5.63. The Labute approximate surface area is 68.5 Å². The third-order valence-corrected chi connectivity index (χ3v) is 0.885. The van der Waals surface area contributed by atoms with E-state index in [1.54, 1.807) is 0 Å². The van der Waals surface area contributed by atoms with E-state index in [0.29, 0.717) is 0 Å². The van der Waals surface area contributed by atoms with Crippen LogP contribution in [0.1, 0.15) is 0 Å². The first-order valence-electron chi connectivity index (χ1n) is 2.98. The summed E-state index contributed by atoms with van der Waals surface area (Å²) < 4.78 is 83.2. The zero-order valence-corrected chi connectivity index (χ0v) is 6.05. The van der Waals surface area contributed by atoms with Gasteiger partial charge in [0.05, 0.1) is 6.61 Å². The highest BCUT2D eigenvalue weighted by molar-refractivity contribution is 4.64. The lowest BCUT2D eigenvalue weighted by atomic mass is 10.4. The first-order valence-corrected chi connectivity index (χ1v) is 2.98. The molecule has 0 fully saturated rings. The van der Waals surface area contributed by atoms with E-state index in [0.717, 1.165) is 0 Å². The van der Waals surface area contributed by atoms with Crippen LogP contribution in [-0.2, 0) is 4.74 Å². The molecule has 1 atom stereocenters. The highest BCUT2D eigenvalue weighted by atomic mass is 19.4. The molecule has 1 nitrogen and oxygen atoms in total. The van der Waals surface area contributed by atoms with Crippen LogP contribution in [0, 0.1) is 0 Å². The fourth-order valence-corrected chi connectivity index (χ4v) is 0.373. The highest BCUT2D eigenvalue weighted by Gasteiger charge is 2.41. The van der Waals surface area contributed by atoms with Gasteiger partial charge in [0.2, 0.25) is 6.17 Å². The maximum absolute atomic E-state index is 11.9. The van der Waals surface area contributed by atoms with Crippen LogP contribution in [0.25, 0.3) is 0 Å². The van der Waals surface area contributed by atoms with E-state index in [9.17, 15) is 30.7 Å². The molecule has 0 spiro atoms. The van der Waals surface area contributed by atoms with Crippen LogP contribution >= 0.6 is 0 Å². The van der Waals surface area contributed by atoms with Crippen molar-refractivity contribution in [2.45, 2.75) is 18.5 Å². The third kappa shape index (κ3) is 6.62. The molecule has 0 bridgehead atoms. The predicted molar refractivity (Wildman–Crippen MR) is 27.8 cm³/mol. The summed E-state index contributed by atoms with van der Waals surface area (Å²) in [6.45, 7) is -3.52. The summed E-state index contributed by atoms with van der Waals surface area (Å²) in [6.07, 6.45) is -13.3. The van der Waals surface area contributed by atoms with Gasteiger partial charge in [-0.25, -0.2) is 4.39 Å². The van der Waals surface area contributed by atoms with Crippen molar-refractivity contribution in [3.8, 4) is 0 Å². The molecule has 0 saturated heterocycles. The van der Waals surface area contributed by atoms with E-state index in [4.69, 9.17) is 0 Å². The van der Waals surface area contributed by atoms with E-state index in [1.165, 1.54) is 0 Å². The Kier molecular flexibility index (Phi) is 3.95. The highest BCUT2D eigenvalue weighted by Crippen LogP contribution is 2.23. The monoisotopic (exact) mass is 214 g/mol. The van der Waals surface area contributed by atoms with E-state index in [-0.39, 0.29) is 0 Å². The fourth-order valence-electron chi connectivity index (χ4n) is 0.373. The zero-order chi connectivity index (χ0) is 10.7. The second kappa shape index (κ2) is 4.12. The molecule has 0 amide bonds. The standard InChI is InChI=1S/C5H5F7O/c6-3(5(10,11)12)1-13-2-4(7,8)9/h3H,1-2H2. The fraction of sp³-hybridized carbons (Fsp3) is 1.00. The Morgan fingerprint density at radius 2 is 1.46 bits per heavy atom. The minimum Gasteiger partial charge on any atom is -0.369 e. The molecule has 0 aromatic carbocycles. The minimum atomic E-state index is -5.18. The SMILES string of the molecule is FC(COCC(F)(F)F)C(F)(F)F. The molecule has 0 aromatic rings. The molecule has 0 N–H and O–H groups in total. The van der Waals surface area contributed by atoms with Crippen molar-refractivity contribution in [1.82, 2.24) is 0 Å². The van der Waals surface area contributed by atoms with Gasteiger partial charge in [-0.05, 0) is 0 Å². The van der Waals surface area contributed by atoms with Gasteiger partial charge in [-0.2, -0.15) is 26.3 Å². The second-order valence-electron chi connectivity index (χ2n) is 2.14. The van der Waals surface area contributed by atoms with Gasteiger partial charge < -0.3 is 4.74 Å². The molecule has 0 heterocycles. The van der Waals surface area contributed by atoms with Gasteiger partial charge in [0, 0.05) is 0 Å². The first kappa shape index (κ1) is 12.5. The average molecular weight is 214 g/mol. The van der Waals surface area contributed by atoms with Crippen LogP contribution < -0.4 is 0 Å². The summed E-state index contributed by atoms with van der Waals surface area (Å²) in [7, 11) is 0. The van der Waals surface area contributed by atoms with Gasteiger partial charge in [-0.3, -0.25) is 0 Å². The van der Waals surface area contributed by atoms with Crippen LogP contribution in [0.15, 0.2) is 0 Å². The smallest absolute Gasteiger partial charge is 0.369 e. The topological polar surface area (TPSA) is 9.23 Å². The third-order valence-electron chi connectivity index (χ3n) is 0.885. The van der Waals surface area contributed by atoms with Crippen molar-refractivity contribution < 1.29 is 35.5 Å². The largest absolute Gasteiger partial charge is 0.421 e. The van der Waals surface area contributed by atoms with Crippen LogP contribution in [0.4, 0.5) is 30.7 Å². The Hall–Kier alpha value is -0.530. The molecule has 0 aromatic heterocycles. The maximum Gasteiger partial charge on any atom is 0.421 e. The number of alkyl halides is 7. The van der Waals surface area contributed by atoms with E-state index < -0.39 is 31.7 Å². The minimum absolute atomic E-state index is 1.64. The second-order valence-corrected chi connectivity index (χ2v) is 2.14. The Balaban J connectivity index is 3.67. The van der Waals surface area contributed by atoms with Crippen molar-refractivity contribution in [2.75, 3.05) is 13.2 Å². The lowest BCUT2D eigenvalue weighted by Crippen LogP contribution is -2.31. The van der Waals surface area contributed by atoms with Crippen LogP contribution in [0.5, 0.6) is 0 Å². The van der Waals surface area contributed by atoms with E-state index >= 15 is 0 Å². The van der Waals surface area contributed by atoms with Gasteiger partial charge in [0.25, 0.3) is 0 Å². The zero-order valence-electron chi connectivity index (χ0n) is 6.05. The number of hydrogen-bond donors (Lipinski definition) is 0. The summed E-state index contributed by atoms with van der Waals surface area (Å²) >= 11 is 0. The van der Waals surface area contributed by atoms with E-state index in [1.807, 2.05) is 0 Å². The molecule has 80 valence electrons. The number of rotatable bonds is 3. The van der Waals surface area contributed by atoms with Crippen molar-refractivity contribution in [3.63, 3.8) is 0 Å². The summed E-state index contributed by atoms with van der Waals surface area (Å²) in [6, 6.07) is 0. The van der Waals surface area contributed by atoms with Crippen molar-refractivity contribution in [1.29, 1.82) is 0 Å². The Bertz CT molecular complexity index is 148. The lowest BCUT2D eigenvalue weighted by molar-refractivity contribution is -0.215. The number of halogens is 7. The van der Waals surface area contributed by atoms with E-state index in [2.05, 4.69) is 4.74 Å². The molecule has 0 saturated carbocycles. The molecule has 0 radical (unpaired) electrons. The lowest BCUT2D eigenvalue weighted by Gasteiger charge is -2.13. The quantitative estimate of drug-likeness (QED) is 0.655. The maximum atomic E-state index is 11.9. The predicted octanol–water partition coefficient (Wildman–Crippen LogP) is 2.47. The molecule has 13 heavy (non-hydrogen) atoms. The normalized spacial score (nSPS) is 15.9. The van der Waals surface area contributed by atoms with Crippen LogP contribution in [-0.4, -0.2) is 31.7 Å². The van der Waals surface area contributed by atoms with Crippen LogP contribution in [0.3, 0.4) is 0 Å². The molecule has 8 heteroatoms. The molecule has 0 aliphatic heterocycles. The molecular formula is C5H5F7O. The number of ether oxygens (including phenoxy) is 1. The molecule has 0 aliphatic rings. The summed E-state index contributed by atoms with van der Waals surface area (Å²) in [5, 5.41) is 0. The van der Waals surface area contributed by atoms with Gasteiger partial charge in [-0.15, -0.1) is 0 Å². The van der Waals surface area contributed by atoms with Gasteiger partial charge in [0.1, 0.15) is 6.61 Å². The van der Waals surface area contributed by atoms with Gasteiger partial charge >= 0.3 is 12.4 Å². The average Bonchev–Trinajstić information content (AvgIpc) is 1.82. The molecule has 1 unspecified atom stereocenters. The van der Waals surface area contributed by atoms with Crippen molar-refractivity contribution >= 4 is 0 Å². The van der Waals surface area contributed by atoms with Crippen molar-refractivity contribution in [2.24, 2.45) is 0 Å².